The Bertz CT molecular complexity index is 382. The van der Waals surface area contributed by atoms with Crippen LogP contribution in [0.1, 0.15) is 24.5 Å². The molecule has 1 unspecified atom stereocenters. The van der Waals surface area contributed by atoms with E-state index in [1.165, 1.54) is 0 Å². The van der Waals surface area contributed by atoms with Gasteiger partial charge in [-0.05, 0) is 37.3 Å². The molecule has 16 heavy (non-hydrogen) atoms. The molecular formula is C13H18N2S. The standard InChI is InChI=1S/C13H18N2S/c1-10-4-5-13(12(8-10)9-14)15-7-6-11(2)16-3/h4-5,8,11,15H,6-7H2,1-3H3. The van der Waals surface area contributed by atoms with Crippen molar-refractivity contribution < 1.29 is 0 Å². The number of hydrogen-bond acceptors (Lipinski definition) is 3. The lowest BCUT2D eigenvalue weighted by Crippen LogP contribution is -2.08. The Morgan fingerprint density at radius 3 is 2.88 bits per heavy atom. The van der Waals surface area contributed by atoms with E-state index >= 15 is 0 Å². The quantitative estimate of drug-likeness (QED) is 0.848. The lowest BCUT2D eigenvalue weighted by molar-refractivity contribution is 0.853. The molecule has 0 bridgehead atoms. The van der Waals surface area contributed by atoms with Crippen LogP contribution in [-0.4, -0.2) is 18.1 Å². The fraction of sp³-hybridized carbons (Fsp3) is 0.462. The Kier molecular flexibility index (Phi) is 5.21. The van der Waals surface area contributed by atoms with Gasteiger partial charge in [0.05, 0.1) is 11.3 Å². The average Bonchev–Trinajstić information content (AvgIpc) is 2.30. The molecule has 0 aliphatic carbocycles. The zero-order valence-electron chi connectivity index (χ0n) is 10.1. The maximum Gasteiger partial charge on any atom is 0.101 e. The van der Waals surface area contributed by atoms with E-state index < -0.39 is 0 Å². The Labute approximate surface area is 102 Å². The molecular weight excluding hydrogens is 216 g/mol. The highest BCUT2D eigenvalue weighted by molar-refractivity contribution is 7.99. The van der Waals surface area contributed by atoms with E-state index in [0.717, 1.165) is 29.8 Å². The van der Waals surface area contributed by atoms with Crippen molar-refractivity contribution in [2.45, 2.75) is 25.5 Å². The summed E-state index contributed by atoms with van der Waals surface area (Å²) in [5, 5.41) is 13.0. The predicted octanol–water partition coefficient (Wildman–Crippen LogP) is 3.42. The van der Waals surface area contributed by atoms with Gasteiger partial charge in [0.1, 0.15) is 6.07 Å². The lowest BCUT2D eigenvalue weighted by Gasteiger charge is -2.11. The molecule has 3 heteroatoms. The number of thioether (sulfide) groups is 1. The zero-order chi connectivity index (χ0) is 12.0. The van der Waals surface area contributed by atoms with Crippen molar-refractivity contribution in [1.82, 2.24) is 0 Å². The minimum absolute atomic E-state index is 0.656. The highest BCUT2D eigenvalue weighted by Gasteiger charge is 2.03. The van der Waals surface area contributed by atoms with Crippen LogP contribution >= 0.6 is 11.8 Å². The maximum absolute atomic E-state index is 9.00. The molecule has 0 radical (unpaired) electrons. The van der Waals surface area contributed by atoms with Gasteiger partial charge in [-0.25, -0.2) is 0 Å². The van der Waals surface area contributed by atoms with Gasteiger partial charge < -0.3 is 5.32 Å². The van der Waals surface area contributed by atoms with E-state index in [0.29, 0.717) is 5.25 Å². The number of nitrogens with one attached hydrogen (secondary N) is 1. The van der Waals surface area contributed by atoms with Crippen LogP contribution in [0.5, 0.6) is 0 Å². The molecule has 0 aromatic heterocycles. The van der Waals surface area contributed by atoms with Crippen LogP contribution < -0.4 is 5.32 Å². The number of nitrogens with zero attached hydrogens (tertiary/aromatic N) is 1. The monoisotopic (exact) mass is 234 g/mol. The molecule has 0 amide bonds. The summed E-state index contributed by atoms with van der Waals surface area (Å²) in [5.41, 5.74) is 2.80. The second-order valence-corrected chi connectivity index (χ2v) is 5.20. The first-order chi connectivity index (χ1) is 7.67. The second-order valence-electron chi connectivity index (χ2n) is 3.92. The van der Waals surface area contributed by atoms with Crippen LogP contribution in [-0.2, 0) is 0 Å². The van der Waals surface area contributed by atoms with Gasteiger partial charge in [-0.2, -0.15) is 17.0 Å². The Hall–Kier alpha value is -1.14. The van der Waals surface area contributed by atoms with Crippen LogP contribution in [0.25, 0.3) is 0 Å². The van der Waals surface area contributed by atoms with Gasteiger partial charge in [-0.1, -0.05) is 13.0 Å². The van der Waals surface area contributed by atoms with E-state index in [-0.39, 0.29) is 0 Å². The van der Waals surface area contributed by atoms with E-state index in [9.17, 15) is 0 Å². The SMILES string of the molecule is CSC(C)CCNc1ccc(C)cc1C#N. The molecule has 0 spiro atoms. The van der Waals surface area contributed by atoms with Gasteiger partial charge >= 0.3 is 0 Å². The van der Waals surface area contributed by atoms with Crippen LogP contribution in [0, 0.1) is 18.3 Å². The summed E-state index contributed by atoms with van der Waals surface area (Å²) in [7, 11) is 0. The van der Waals surface area contributed by atoms with Gasteiger partial charge in [0, 0.05) is 11.8 Å². The van der Waals surface area contributed by atoms with Crippen molar-refractivity contribution in [3.8, 4) is 6.07 Å². The molecule has 1 N–H and O–H groups in total. The molecule has 1 aromatic carbocycles. The summed E-state index contributed by atoms with van der Waals surface area (Å²) in [4.78, 5) is 0. The Balaban J connectivity index is 2.57. The lowest BCUT2D eigenvalue weighted by atomic mass is 10.1. The highest BCUT2D eigenvalue weighted by atomic mass is 32.2. The highest BCUT2D eigenvalue weighted by Crippen LogP contribution is 2.17. The summed E-state index contributed by atoms with van der Waals surface area (Å²) < 4.78 is 0. The largest absolute Gasteiger partial charge is 0.384 e. The third-order valence-electron chi connectivity index (χ3n) is 2.56. The molecule has 1 aromatic rings. The molecule has 0 saturated heterocycles. The zero-order valence-corrected chi connectivity index (χ0v) is 10.9. The van der Waals surface area contributed by atoms with Crippen molar-refractivity contribution in [2.75, 3.05) is 18.1 Å². The van der Waals surface area contributed by atoms with E-state index in [1.54, 1.807) is 0 Å². The average molecular weight is 234 g/mol. The predicted molar refractivity (Wildman–Crippen MR) is 72.0 cm³/mol. The normalized spacial score (nSPS) is 11.9. The molecule has 0 fully saturated rings. The van der Waals surface area contributed by atoms with Gasteiger partial charge in [0.25, 0.3) is 0 Å². The minimum Gasteiger partial charge on any atom is -0.384 e. The summed E-state index contributed by atoms with van der Waals surface area (Å²) in [6.45, 7) is 5.13. The smallest absolute Gasteiger partial charge is 0.101 e. The van der Waals surface area contributed by atoms with Crippen LogP contribution in [0.3, 0.4) is 0 Å². The van der Waals surface area contributed by atoms with Crippen LogP contribution in [0.2, 0.25) is 0 Å². The fourth-order valence-electron chi connectivity index (χ4n) is 1.43. The van der Waals surface area contributed by atoms with Crippen molar-refractivity contribution in [1.29, 1.82) is 5.26 Å². The fourth-order valence-corrected chi connectivity index (χ4v) is 1.79. The summed E-state index contributed by atoms with van der Waals surface area (Å²) in [6, 6.07) is 8.15. The third-order valence-corrected chi connectivity index (χ3v) is 3.60. The van der Waals surface area contributed by atoms with Crippen LogP contribution in [0.15, 0.2) is 18.2 Å². The first kappa shape index (κ1) is 12.9. The first-order valence-electron chi connectivity index (χ1n) is 5.44. The second kappa shape index (κ2) is 6.44. The van der Waals surface area contributed by atoms with Gasteiger partial charge in [-0.3, -0.25) is 0 Å². The molecule has 86 valence electrons. The van der Waals surface area contributed by atoms with Gasteiger partial charge in [-0.15, -0.1) is 0 Å². The van der Waals surface area contributed by atoms with Crippen molar-refractivity contribution >= 4 is 17.4 Å². The van der Waals surface area contributed by atoms with Crippen molar-refractivity contribution in [3.63, 3.8) is 0 Å². The molecule has 2 nitrogen and oxygen atoms in total. The van der Waals surface area contributed by atoms with Crippen molar-refractivity contribution in [2.24, 2.45) is 0 Å². The molecule has 1 atom stereocenters. The maximum atomic E-state index is 9.00. The van der Waals surface area contributed by atoms with Crippen LogP contribution in [0.4, 0.5) is 5.69 Å². The number of hydrogen-bond donors (Lipinski definition) is 1. The minimum atomic E-state index is 0.656. The summed E-state index contributed by atoms with van der Waals surface area (Å²) in [5.74, 6) is 0. The number of nitriles is 1. The van der Waals surface area contributed by atoms with Gasteiger partial charge in [0.2, 0.25) is 0 Å². The third kappa shape index (κ3) is 3.79. The number of aryl methyl sites for hydroxylation is 1. The van der Waals surface area contributed by atoms with E-state index in [1.807, 2.05) is 36.9 Å². The number of benzene rings is 1. The number of rotatable bonds is 5. The van der Waals surface area contributed by atoms with E-state index in [2.05, 4.69) is 24.6 Å². The van der Waals surface area contributed by atoms with Gasteiger partial charge in [0.15, 0.2) is 0 Å². The summed E-state index contributed by atoms with van der Waals surface area (Å²) >= 11 is 1.87. The first-order valence-corrected chi connectivity index (χ1v) is 6.73. The molecule has 0 saturated carbocycles. The van der Waals surface area contributed by atoms with Crippen molar-refractivity contribution in [3.05, 3.63) is 29.3 Å². The Morgan fingerprint density at radius 1 is 1.50 bits per heavy atom. The van der Waals surface area contributed by atoms with E-state index in [4.69, 9.17) is 5.26 Å². The summed E-state index contributed by atoms with van der Waals surface area (Å²) in [6.07, 6.45) is 3.23. The Morgan fingerprint density at radius 2 is 2.25 bits per heavy atom. The molecule has 0 aliphatic rings. The molecule has 0 heterocycles. The topological polar surface area (TPSA) is 35.8 Å². The number of anilines is 1. The molecule has 0 aliphatic heterocycles. The molecule has 1 rings (SSSR count).